The van der Waals surface area contributed by atoms with Gasteiger partial charge in [0.15, 0.2) is 5.41 Å². The molecule has 2 atom stereocenters. The van der Waals surface area contributed by atoms with E-state index < -0.39 is 17.4 Å². The van der Waals surface area contributed by atoms with Gasteiger partial charge >= 0.3 is 11.9 Å². The molecule has 0 aliphatic heterocycles. The zero-order valence-corrected chi connectivity index (χ0v) is 13.5. The molecule has 5 nitrogen and oxygen atoms in total. The van der Waals surface area contributed by atoms with Crippen LogP contribution in [0.1, 0.15) is 25.7 Å². The summed E-state index contributed by atoms with van der Waals surface area (Å²) in [5.41, 5.74) is 0.0403. The minimum Gasteiger partial charge on any atom is -0.468 e. The van der Waals surface area contributed by atoms with Gasteiger partial charge in [0, 0.05) is 7.11 Å². The summed E-state index contributed by atoms with van der Waals surface area (Å²) in [7, 11) is 4.31. The van der Waals surface area contributed by atoms with Crippen molar-refractivity contribution >= 4 is 11.9 Å². The number of allylic oxidation sites excluding steroid dienone is 3. The van der Waals surface area contributed by atoms with Crippen molar-refractivity contribution in [2.24, 2.45) is 17.3 Å². The molecule has 0 heterocycles. The van der Waals surface area contributed by atoms with E-state index in [1.54, 1.807) is 7.11 Å². The molecule has 0 amide bonds. The van der Waals surface area contributed by atoms with Crippen molar-refractivity contribution in [1.82, 2.24) is 0 Å². The summed E-state index contributed by atoms with van der Waals surface area (Å²) in [5, 5.41) is 0. The molecule has 0 spiro atoms. The average molecular weight is 308 g/mol. The van der Waals surface area contributed by atoms with Crippen molar-refractivity contribution in [3.8, 4) is 0 Å². The Kier molecular flexibility index (Phi) is 5.40. The van der Waals surface area contributed by atoms with Crippen molar-refractivity contribution in [3.63, 3.8) is 0 Å². The van der Waals surface area contributed by atoms with Gasteiger partial charge in [0.05, 0.1) is 20.8 Å². The fraction of sp³-hybridized carbons (Fsp3) is 0.647. The van der Waals surface area contributed by atoms with Gasteiger partial charge < -0.3 is 14.2 Å². The topological polar surface area (TPSA) is 61.8 Å². The molecule has 1 saturated carbocycles. The van der Waals surface area contributed by atoms with Gasteiger partial charge in [-0.25, -0.2) is 0 Å². The molecule has 2 aliphatic rings. The molecule has 0 radical (unpaired) electrons. The normalized spacial score (nSPS) is 30.2. The van der Waals surface area contributed by atoms with E-state index >= 15 is 0 Å². The smallest absolute Gasteiger partial charge is 0.323 e. The lowest BCUT2D eigenvalue weighted by molar-refractivity contribution is -0.169. The zero-order chi connectivity index (χ0) is 16.2. The number of hydrogen-bond donors (Lipinski definition) is 0. The molecule has 0 aromatic carbocycles. The number of methoxy groups -OCH3 is 3. The van der Waals surface area contributed by atoms with Gasteiger partial charge in [-0.1, -0.05) is 18.2 Å². The standard InChI is InChI=1S/C17H24O5/c1-20-11-12-6-4-5-7-13-9-17(15(18)21-2,16(19)22-3)10-14(13)8-12/h5-7,13-14H,4,8-11H2,1-3H3/b7-5-,12-6+/t13-,14+/m1/s1. The van der Waals surface area contributed by atoms with Crippen LogP contribution in [0.5, 0.6) is 0 Å². The molecule has 0 bridgehead atoms. The van der Waals surface area contributed by atoms with Gasteiger partial charge in [0.25, 0.3) is 0 Å². The molecule has 2 aliphatic carbocycles. The van der Waals surface area contributed by atoms with Crippen LogP contribution in [0.3, 0.4) is 0 Å². The van der Waals surface area contributed by atoms with Crippen LogP contribution in [0.25, 0.3) is 0 Å². The second kappa shape index (κ2) is 7.09. The Morgan fingerprint density at radius 2 is 1.86 bits per heavy atom. The Balaban J connectivity index is 2.28. The average Bonchev–Trinajstić information content (AvgIpc) is 2.86. The summed E-state index contributed by atoms with van der Waals surface area (Å²) in [4.78, 5) is 24.5. The molecule has 0 N–H and O–H groups in total. The van der Waals surface area contributed by atoms with E-state index in [1.165, 1.54) is 19.8 Å². The fourth-order valence-corrected chi connectivity index (χ4v) is 3.72. The van der Waals surface area contributed by atoms with E-state index in [0.29, 0.717) is 19.4 Å². The second-order valence-electron chi connectivity index (χ2n) is 6.06. The first kappa shape index (κ1) is 16.7. The van der Waals surface area contributed by atoms with E-state index in [4.69, 9.17) is 14.2 Å². The molecular weight excluding hydrogens is 284 g/mol. The first-order chi connectivity index (χ1) is 10.6. The van der Waals surface area contributed by atoms with Gasteiger partial charge in [-0.3, -0.25) is 9.59 Å². The molecular formula is C17H24O5. The predicted molar refractivity (Wildman–Crippen MR) is 81.0 cm³/mol. The Hall–Kier alpha value is -1.62. The van der Waals surface area contributed by atoms with Crippen molar-refractivity contribution in [2.45, 2.75) is 25.7 Å². The van der Waals surface area contributed by atoms with Crippen molar-refractivity contribution < 1.29 is 23.8 Å². The first-order valence-electron chi connectivity index (χ1n) is 7.57. The van der Waals surface area contributed by atoms with E-state index in [-0.39, 0.29) is 11.8 Å². The Labute approximate surface area is 131 Å². The summed E-state index contributed by atoms with van der Waals surface area (Å²) in [5.74, 6) is -0.580. The van der Waals surface area contributed by atoms with Crippen LogP contribution in [0, 0.1) is 17.3 Å². The predicted octanol–water partition coefficient (Wildman–Crippen LogP) is 2.27. The maximum absolute atomic E-state index is 12.3. The Morgan fingerprint density at radius 1 is 1.18 bits per heavy atom. The highest BCUT2D eigenvalue weighted by Crippen LogP contribution is 2.50. The number of fused-ring (bicyclic) bond motifs is 1. The number of esters is 2. The second-order valence-corrected chi connectivity index (χ2v) is 6.06. The Bertz CT molecular complexity index is 475. The van der Waals surface area contributed by atoms with E-state index in [1.807, 2.05) is 0 Å². The summed E-state index contributed by atoms with van der Waals surface area (Å²) in [6.07, 6.45) is 8.97. The van der Waals surface area contributed by atoms with E-state index in [2.05, 4.69) is 18.2 Å². The fourth-order valence-electron chi connectivity index (χ4n) is 3.72. The van der Waals surface area contributed by atoms with E-state index in [9.17, 15) is 9.59 Å². The molecule has 2 rings (SSSR count). The minimum atomic E-state index is -1.17. The van der Waals surface area contributed by atoms with Gasteiger partial charge in [-0.05, 0) is 43.1 Å². The maximum Gasteiger partial charge on any atom is 0.323 e. The van der Waals surface area contributed by atoms with Crippen LogP contribution < -0.4 is 0 Å². The van der Waals surface area contributed by atoms with Gasteiger partial charge in [0.2, 0.25) is 0 Å². The van der Waals surface area contributed by atoms with Crippen LogP contribution in [0.4, 0.5) is 0 Å². The monoisotopic (exact) mass is 308 g/mol. The van der Waals surface area contributed by atoms with Crippen LogP contribution in [0.2, 0.25) is 0 Å². The molecule has 122 valence electrons. The number of carbonyl (C=O) groups is 2. The molecule has 0 aromatic heterocycles. The highest BCUT2D eigenvalue weighted by atomic mass is 16.5. The lowest BCUT2D eigenvalue weighted by atomic mass is 9.84. The van der Waals surface area contributed by atoms with Crippen LogP contribution in [0.15, 0.2) is 23.8 Å². The zero-order valence-electron chi connectivity index (χ0n) is 13.5. The lowest BCUT2D eigenvalue weighted by Crippen LogP contribution is -2.39. The summed E-state index contributed by atoms with van der Waals surface area (Å²) < 4.78 is 15.0. The number of carbonyl (C=O) groups excluding carboxylic acids is 2. The van der Waals surface area contributed by atoms with Gasteiger partial charge in [-0.2, -0.15) is 0 Å². The Morgan fingerprint density at radius 3 is 2.45 bits per heavy atom. The molecule has 0 aromatic rings. The van der Waals surface area contributed by atoms with Crippen molar-refractivity contribution in [3.05, 3.63) is 23.8 Å². The third-order valence-electron chi connectivity index (χ3n) is 4.73. The molecule has 0 unspecified atom stereocenters. The quantitative estimate of drug-likeness (QED) is 0.453. The molecule has 5 heteroatoms. The van der Waals surface area contributed by atoms with Crippen LogP contribution in [-0.4, -0.2) is 39.9 Å². The maximum atomic E-state index is 12.3. The summed E-state index contributed by atoms with van der Waals surface area (Å²) >= 11 is 0. The van der Waals surface area contributed by atoms with Gasteiger partial charge in [-0.15, -0.1) is 0 Å². The lowest BCUT2D eigenvalue weighted by Gasteiger charge is -2.23. The number of rotatable bonds is 4. The minimum absolute atomic E-state index is 0.179. The number of ether oxygens (including phenoxy) is 3. The van der Waals surface area contributed by atoms with Crippen LogP contribution in [-0.2, 0) is 23.8 Å². The highest BCUT2D eigenvalue weighted by Gasteiger charge is 2.56. The molecule has 0 saturated heterocycles. The van der Waals surface area contributed by atoms with Gasteiger partial charge in [0.1, 0.15) is 0 Å². The highest BCUT2D eigenvalue weighted by molar-refractivity contribution is 6.00. The SMILES string of the molecule is COC/C1=C/C/C=C\[C@@H]2CC(C(=O)OC)(C(=O)OC)C[C@@H]2C1. The summed E-state index contributed by atoms with van der Waals surface area (Å²) in [6.45, 7) is 0.584. The first-order valence-corrected chi connectivity index (χ1v) is 7.57. The third-order valence-corrected chi connectivity index (χ3v) is 4.73. The third kappa shape index (κ3) is 3.09. The van der Waals surface area contributed by atoms with E-state index in [0.717, 1.165) is 12.8 Å². The van der Waals surface area contributed by atoms with Crippen LogP contribution >= 0.6 is 0 Å². The summed E-state index contributed by atoms with van der Waals surface area (Å²) in [6, 6.07) is 0. The molecule has 22 heavy (non-hydrogen) atoms. The van der Waals surface area contributed by atoms with Crippen molar-refractivity contribution in [1.29, 1.82) is 0 Å². The molecule has 1 fully saturated rings. The number of hydrogen-bond acceptors (Lipinski definition) is 5. The largest absolute Gasteiger partial charge is 0.468 e. The van der Waals surface area contributed by atoms with Crippen molar-refractivity contribution in [2.75, 3.05) is 27.9 Å².